The topological polar surface area (TPSA) is 88.5 Å². The molecule has 2 heterocycles. The molecule has 0 aliphatic carbocycles. The minimum atomic E-state index is -0.744. The lowest BCUT2D eigenvalue weighted by atomic mass is 9.95. The van der Waals surface area contributed by atoms with Gasteiger partial charge in [0.25, 0.3) is 11.7 Å². The van der Waals surface area contributed by atoms with E-state index in [1.807, 2.05) is 32.8 Å². The summed E-state index contributed by atoms with van der Waals surface area (Å²) >= 11 is 0. The van der Waals surface area contributed by atoms with Crippen molar-refractivity contribution < 1.29 is 28.9 Å². The second-order valence-corrected chi connectivity index (χ2v) is 8.60. The molecule has 8 heteroatoms. The smallest absolute Gasteiger partial charge is 0.295 e. The number of ketones is 1. The molecule has 0 radical (unpaired) electrons. The molecule has 8 nitrogen and oxygen atoms in total. The highest BCUT2D eigenvalue weighted by molar-refractivity contribution is 6.46. The third-order valence-corrected chi connectivity index (χ3v) is 5.54. The molecule has 174 valence electrons. The molecule has 0 spiro atoms. The molecule has 0 aromatic heterocycles. The fourth-order valence-electron chi connectivity index (χ4n) is 3.97. The maximum Gasteiger partial charge on any atom is 0.295 e. The third-order valence-electron chi connectivity index (χ3n) is 5.54. The van der Waals surface area contributed by atoms with Crippen LogP contribution in [0.25, 0.3) is 5.76 Å². The van der Waals surface area contributed by atoms with Crippen molar-refractivity contribution in [2.24, 2.45) is 0 Å². The molecule has 2 aromatic rings. The molecule has 0 bridgehead atoms. The van der Waals surface area contributed by atoms with E-state index in [0.29, 0.717) is 41.5 Å². The summed E-state index contributed by atoms with van der Waals surface area (Å²) in [7, 11) is 3.79. The van der Waals surface area contributed by atoms with Crippen LogP contribution >= 0.6 is 0 Å². The van der Waals surface area contributed by atoms with Crippen LogP contribution in [0.2, 0.25) is 0 Å². The van der Waals surface area contributed by atoms with Crippen LogP contribution in [0.4, 0.5) is 0 Å². The van der Waals surface area contributed by atoms with Gasteiger partial charge in [-0.2, -0.15) is 0 Å². The van der Waals surface area contributed by atoms with Crippen molar-refractivity contribution in [3.63, 3.8) is 0 Å². The lowest BCUT2D eigenvalue weighted by Gasteiger charge is -2.26. The number of carbonyl (C=O) groups is 2. The fourth-order valence-corrected chi connectivity index (χ4v) is 3.97. The summed E-state index contributed by atoms with van der Waals surface area (Å²) in [5.41, 5.74) is 1.15. The van der Waals surface area contributed by atoms with E-state index in [9.17, 15) is 14.7 Å². The normalized spacial score (nSPS) is 19.1. The summed E-state index contributed by atoms with van der Waals surface area (Å²) < 4.78 is 16.6. The molecular formula is C25H28N2O6. The van der Waals surface area contributed by atoms with Crippen molar-refractivity contribution in [2.75, 3.05) is 34.0 Å². The van der Waals surface area contributed by atoms with Gasteiger partial charge in [0, 0.05) is 18.7 Å². The minimum Gasteiger partial charge on any atom is -0.507 e. The van der Waals surface area contributed by atoms with Gasteiger partial charge in [0.05, 0.1) is 17.7 Å². The number of carbonyl (C=O) groups excluding carboxylic acids is 2. The number of likely N-dealkylation sites (N-methyl/N-ethyl adjacent to an activating group) is 1. The Morgan fingerprint density at radius 2 is 1.82 bits per heavy atom. The number of rotatable bonds is 7. The first-order valence-electron chi connectivity index (χ1n) is 10.9. The number of amides is 1. The Morgan fingerprint density at radius 3 is 2.48 bits per heavy atom. The van der Waals surface area contributed by atoms with Crippen LogP contribution in [-0.2, 0) is 9.59 Å². The molecule has 1 saturated heterocycles. The van der Waals surface area contributed by atoms with Gasteiger partial charge in [-0.25, -0.2) is 0 Å². The van der Waals surface area contributed by atoms with Gasteiger partial charge in [-0.1, -0.05) is 6.07 Å². The van der Waals surface area contributed by atoms with Gasteiger partial charge >= 0.3 is 0 Å². The van der Waals surface area contributed by atoms with E-state index in [-0.39, 0.29) is 24.2 Å². The monoisotopic (exact) mass is 452 g/mol. The predicted octanol–water partition coefficient (Wildman–Crippen LogP) is 3.19. The number of aliphatic hydroxyl groups excluding tert-OH is 1. The van der Waals surface area contributed by atoms with Gasteiger partial charge in [-0.05, 0) is 69.9 Å². The number of hydrogen-bond acceptors (Lipinski definition) is 7. The predicted molar refractivity (Wildman–Crippen MR) is 122 cm³/mol. The zero-order valence-corrected chi connectivity index (χ0v) is 19.2. The number of ether oxygens (including phenoxy) is 3. The first-order valence-corrected chi connectivity index (χ1v) is 10.9. The van der Waals surface area contributed by atoms with Gasteiger partial charge in [0.15, 0.2) is 11.5 Å². The number of hydrogen-bond donors (Lipinski definition) is 1. The summed E-state index contributed by atoms with van der Waals surface area (Å²) in [4.78, 5) is 29.5. The van der Waals surface area contributed by atoms with E-state index < -0.39 is 17.7 Å². The Bertz CT molecular complexity index is 1090. The van der Waals surface area contributed by atoms with Gasteiger partial charge in [0.2, 0.25) is 6.79 Å². The van der Waals surface area contributed by atoms with Crippen molar-refractivity contribution >= 4 is 17.4 Å². The third kappa shape index (κ3) is 4.52. The number of Topliss-reactive ketones (excluding diaryl/α,β-unsaturated/α-hetero) is 1. The molecule has 1 amide bonds. The standard InChI is InChI=1S/C25H28N2O6/c1-15(2)33-18-8-5-16(6-9-18)23(28)21-22(17-7-10-19-20(13-17)32-14-31-19)27(12-11-26(3)4)25(30)24(21)29/h5-10,13,15,22,28H,11-12,14H2,1-4H3/b23-21+/t22-/m1/s1. The summed E-state index contributed by atoms with van der Waals surface area (Å²) in [6.45, 7) is 4.86. The summed E-state index contributed by atoms with van der Waals surface area (Å²) in [6, 6.07) is 11.4. The maximum absolute atomic E-state index is 13.1. The van der Waals surface area contributed by atoms with Crippen molar-refractivity contribution in [3.8, 4) is 17.2 Å². The Labute approximate surface area is 193 Å². The molecule has 1 fully saturated rings. The summed E-state index contributed by atoms with van der Waals surface area (Å²) in [5, 5.41) is 11.2. The average molecular weight is 453 g/mol. The quantitative estimate of drug-likeness (QED) is 0.392. The summed E-state index contributed by atoms with van der Waals surface area (Å²) in [6.07, 6.45) is 0.0116. The van der Waals surface area contributed by atoms with E-state index in [2.05, 4.69) is 0 Å². The van der Waals surface area contributed by atoms with Gasteiger partial charge in [-0.15, -0.1) is 0 Å². The minimum absolute atomic E-state index is 0.0116. The molecule has 1 atom stereocenters. The van der Waals surface area contributed by atoms with Crippen LogP contribution in [-0.4, -0.2) is 66.7 Å². The summed E-state index contributed by atoms with van der Waals surface area (Å²) in [5.74, 6) is 0.225. The van der Waals surface area contributed by atoms with Crippen LogP contribution in [0.5, 0.6) is 17.2 Å². The molecule has 33 heavy (non-hydrogen) atoms. The zero-order valence-electron chi connectivity index (χ0n) is 19.2. The number of benzene rings is 2. The van der Waals surface area contributed by atoms with E-state index >= 15 is 0 Å². The van der Waals surface area contributed by atoms with Crippen molar-refractivity contribution in [2.45, 2.75) is 26.0 Å². The van der Waals surface area contributed by atoms with Crippen LogP contribution in [0, 0.1) is 0 Å². The molecule has 0 saturated carbocycles. The molecular weight excluding hydrogens is 424 g/mol. The van der Waals surface area contributed by atoms with Gasteiger partial charge in [-0.3, -0.25) is 9.59 Å². The largest absolute Gasteiger partial charge is 0.507 e. The number of nitrogens with zero attached hydrogens (tertiary/aromatic N) is 2. The highest BCUT2D eigenvalue weighted by Gasteiger charge is 2.46. The molecule has 2 aliphatic heterocycles. The van der Waals surface area contributed by atoms with Crippen LogP contribution < -0.4 is 14.2 Å². The highest BCUT2D eigenvalue weighted by atomic mass is 16.7. The molecule has 0 unspecified atom stereocenters. The van der Waals surface area contributed by atoms with E-state index in [1.54, 1.807) is 42.5 Å². The highest BCUT2D eigenvalue weighted by Crippen LogP contribution is 2.43. The zero-order chi connectivity index (χ0) is 23.7. The Balaban J connectivity index is 1.78. The Hall–Kier alpha value is -3.52. The first-order chi connectivity index (χ1) is 15.8. The van der Waals surface area contributed by atoms with Crippen molar-refractivity contribution in [1.29, 1.82) is 0 Å². The molecule has 4 rings (SSSR count). The maximum atomic E-state index is 13.1. The van der Waals surface area contributed by atoms with Crippen molar-refractivity contribution in [1.82, 2.24) is 9.80 Å². The van der Waals surface area contributed by atoms with Crippen LogP contribution in [0.3, 0.4) is 0 Å². The van der Waals surface area contributed by atoms with E-state index in [0.717, 1.165) is 0 Å². The van der Waals surface area contributed by atoms with Gasteiger partial charge < -0.3 is 29.1 Å². The second-order valence-electron chi connectivity index (χ2n) is 8.60. The van der Waals surface area contributed by atoms with E-state index in [1.165, 1.54) is 4.90 Å². The number of likely N-dealkylation sites (tertiary alicyclic amines) is 1. The Kier molecular flexibility index (Phi) is 6.29. The average Bonchev–Trinajstić information content (AvgIpc) is 3.34. The van der Waals surface area contributed by atoms with Crippen LogP contribution in [0.15, 0.2) is 48.0 Å². The van der Waals surface area contributed by atoms with Gasteiger partial charge in [0.1, 0.15) is 11.5 Å². The first kappa shape index (κ1) is 22.7. The Morgan fingerprint density at radius 1 is 1.12 bits per heavy atom. The van der Waals surface area contributed by atoms with Crippen LogP contribution in [0.1, 0.15) is 31.0 Å². The van der Waals surface area contributed by atoms with E-state index in [4.69, 9.17) is 14.2 Å². The SMILES string of the molecule is CC(C)Oc1ccc(/C(O)=C2\C(=O)C(=O)N(CCN(C)C)[C@@H]2c2ccc3c(c2)OCO3)cc1. The number of fused-ring (bicyclic) bond motifs is 1. The fraction of sp³-hybridized carbons (Fsp3) is 0.360. The molecule has 2 aromatic carbocycles. The molecule has 2 aliphatic rings. The molecule has 1 N–H and O–H groups in total. The van der Waals surface area contributed by atoms with Crippen molar-refractivity contribution in [3.05, 3.63) is 59.2 Å². The second kappa shape index (κ2) is 9.15. The number of aliphatic hydroxyl groups is 1. The lowest BCUT2D eigenvalue weighted by Crippen LogP contribution is -2.35. The lowest BCUT2D eigenvalue weighted by molar-refractivity contribution is -0.140.